The maximum atomic E-state index is 13.8. The predicted octanol–water partition coefficient (Wildman–Crippen LogP) is 1.57. The van der Waals surface area contributed by atoms with Crippen molar-refractivity contribution in [2.75, 3.05) is 19.8 Å². The lowest BCUT2D eigenvalue weighted by atomic mass is 9.55. The van der Waals surface area contributed by atoms with Crippen molar-refractivity contribution in [3.05, 3.63) is 87.9 Å². The normalized spacial score (nSPS) is 29.8. The second kappa shape index (κ2) is 10.1. The summed E-state index contributed by atoms with van der Waals surface area (Å²) in [7, 11) is 3.01. The standard InChI is InChI=1S/C29H30N2O8S/c1-31(2)22-21-24(34)18-15(12-40-11-13-7-4-3-5-8-13)14-9-6-10-16(32)17(14)23(33)19(18)26(36)29(21,39)27(37)20(25(22)35)28(30)38/h3-10,15,18,21-22,24,32,34-36,39H,11-12H2,1-2H3,(H2,30,38)/t15?,18-,21-,22+,24+,29+/m1/s1. The molecule has 0 aromatic heterocycles. The number of fused-ring (bicyclic) bond motifs is 3. The molecular weight excluding hydrogens is 536 g/mol. The van der Waals surface area contributed by atoms with E-state index in [1.807, 2.05) is 30.3 Å². The average molecular weight is 567 g/mol. The topological polar surface area (TPSA) is 182 Å². The number of nitrogens with two attached hydrogens (primary N) is 1. The summed E-state index contributed by atoms with van der Waals surface area (Å²) in [4.78, 5) is 40.9. The van der Waals surface area contributed by atoms with E-state index in [2.05, 4.69) is 0 Å². The highest BCUT2D eigenvalue weighted by Gasteiger charge is 2.67. The molecule has 1 unspecified atom stereocenters. The lowest BCUT2D eigenvalue weighted by Gasteiger charge is -2.53. The molecule has 0 saturated carbocycles. The van der Waals surface area contributed by atoms with Crippen LogP contribution in [-0.4, -0.2) is 85.5 Å². The maximum absolute atomic E-state index is 13.8. The fourth-order valence-corrected chi connectivity index (χ4v) is 7.66. The summed E-state index contributed by atoms with van der Waals surface area (Å²) < 4.78 is 0. The molecule has 10 nitrogen and oxygen atoms in total. The van der Waals surface area contributed by atoms with Crippen LogP contribution in [0.4, 0.5) is 0 Å². The highest BCUT2D eigenvalue weighted by molar-refractivity contribution is 7.98. The number of hydrogen-bond acceptors (Lipinski definition) is 10. The van der Waals surface area contributed by atoms with Crippen LogP contribution < -0.4 is 5.73 Å². The summed E-state index contributed by atoms with van der Waals surface area (Å²) in [6, 6.07) is 12.9. The SMILES string of the molecule is CN(C)[C@@H]1C(O)=C(C(N)=O)C(=O)[C@@]2(O)C(O)=C3C(=O)c4c(O)cccc4C(CSCc4ccccc4)[C@H]3[C@H](O)[C@@H]12. The molecule has 0 aliphatic heterocycles. The van der Waals surface area contributed by atoms with Crippen molar-refractivity contribution in [2.45, 2.75) is 29.4 Å². The Balaban J connectivity index is 1.70. The molecule has 11 heteroatoms. The van der Waals surface area contributed by atoms with E-state index in [0.717, 1.165) is 5.56 Å². The van der Waals surface area contributed by atoms with Crippen LogP contribution in [0.1, 0.15) is 27.4 Å². The molecular formula is C29H30N2O8S. The Hall–Kier alpha value is -3.64. The smallest absolute Gasteiger partial charge is 0.255 e. The molecule has 5 rings (SSSR count). The van der Waals surface area contributed by atoms with Gasteiger partial charge in [0.2, 0.25) is 5.78 Å². The van der Waals surface area contributed by atoms with Gasteiger partial charge in [-0.15, -0.1) is 0 Å². The number of rotatable bonds is 6. The highest BCUT2D eigenvalue weighted by Crippen LogP contribution is 2.56. The number of Topliss-reactive ketones (excluding diaryl/α,β-unsaturated/α-hetero) is 2. The monoisotopic (exact) mass is 566 g/mol. The Labute approximate surface area is 234 Å². The number of aromatic hydroxyl groups is 1. The number of phenols is 1. The van der Waals surface area contributed by atoms with Crippen molar-refractivity contribution >= 4 is 29.2 Å². The number of likely N-dealkylation sites (N-methyl/N-ethyl adjacent to an activating group) is 1. The van der Waals surface area contributed by atoms with Crippen LogP contribution in [0.3, 0.4) is 0 Å². The first kappa shape index (κ1) is 27.9. The van der Waals surface area contributed by atoms with Gasteiger partial charge in [0.1, 0.15) is 22.8 Å². The van der Waals surface area contributed by atoms with Gasteiger partial charge in [-0.05, 0) is 31.3 Å². The molecule has 0 radical (unpaired) electrons. The van der Waals surface area contributed by atoms with Crippen molar-refractivity contribution in [3.63, 3.8) is 0 Å². The minimum Gasteiger partial charge on any atom is -0.510 e. The molecule has 2 aromatic rings. The molecule has 210 valence electrons. The number of aliphatic hydroxyl groups excluding tert-OH is 3. The number of hydrogen-bond donors (Lipinski definition) is 6. The first-order valence-electron chi connectivity index (χ1n) is 12.7. The zero-order valence-corrected chi connectivity index (χ0v) is 22.6. The summed E-state index contributed by atoms with van der Waals surface area (Å²) in [5.74, 6) is -8.03. The number of primary amides is 1. The largest absolute Gasteiger partial charge is 0.510 e. The lowest BCUT2D eigenvalue weighted by Crippen LogP contribution is -2.68. The van der Waals surface area contributed by atoms with Crippen LogP contribution in [0.15, 0.2) is 71.2 Å². The number of amides is 1. The average Bonchev–Trinajstić information content (AvgIpc) is 2.90. The van der Waals surface area contributed by atoms with Gasteiger partial charge in [-0.3, -0.25) is 19.3 Å². The van der Waals surface area contributed by atoms with E-state index < -0.39 is 75.6 Å². The summed E-state index contributed by atoms with van der Waals surface area (Å²) in [6.45, 7) is 0. The molecule has 0 saturated heterocycles. The second-order valence-electron chi connectivity index (χ2n) is 10.6. The third-order valence-corrected chi connectivity index (χ3v) is 9.34. The van der Waals surface area contributed by atoms with Crippen molar-refractivity contribution < 1.29 is 39.9 Å². The second-order valence-corrected chi connectivity index (χ2v) is 11.6. The molecule has 0 fully saturated rings. The van der Waals surface area contributed by atoms with Gasteiger partial charge in [-0.25, -0.2) is 0 Å². The number of carbonyl (C=O) groups is 3. The number of carbonyl (C=O) groups excluding carboxylic acids is 3. The fraction of sp³-hybridized carbons (Fsp3) is 0.345. The minimum atomic E-state index is -2.93. The maximum Gasteiger partial charge on any atom is 0.255 e. The minimum absolute atomic E-state index is 0.0965. The van der Waals surface area contributed by atoms with E-state index in [0.29, 0.717) is 17.1 Å². The summed E-state index contributed by atoms with van der Waals surface area (Å²) in [5.41, 5.74) is 2.51. The zero-order chi connectivity index (χ0) is 29.1. The number of thioether (sulfide) groups is 1. The van der Waals surface area contributed by atoms with E-state index in [4.69, 9.17) is 5.73 Å². The first-order chi connectivity index (χ1) is 18.9. The van der Waals surface area contributed by atoms with Crippen molar-refractivity contribution in [3.8, 4) is 5.75 Å². The Morgan fingerprint density at radius 3 is 2.35 bits per heavy atom. The highest BCUT2D eigenvalue weighted by atomic mass is 32.2. The van der Waals surface area contributed by atoms with Gasteiger partial charge in [-0.1, -0.05) is 42.5 Å². The molecule has 0 heterocycles. The van der Waals surface area contributed by atoms with Crippen LogP contribution in [0.2, 0.25) is 0 Å². The van der Waals surface area contributed by atoms with Crippen molar-refractivity contribution in [1.82, 2.24) is 4.90 Å². The molecule has 0 spiro atoms. The molecule has 40 heavy (non-hydrogen) atoms. The third-order valence-electron chi connectivity index (χ3n) is 8.21. The van der Waals surface area contributed by atoms with Gasteiger partial charge in [-0.2, -0.15) is 11.8 Å². The summed E-state index contributed by atoms with van der Waals surface area (Å²) in [5, 5.41) is 56.9. The quantitative estimate of drug-likeness (QED) is 0.281. The Morgan fingerprint density at radius 2 is 1.73 bits per heavy atom. The predicted molar refractivity (Wildman–Crippen MR) is 147 cm³/mol. The van der Waals surface area contributed by atoms with E-state index >= 15 is 0 Å². The molecule has 3 aliphatic carbocycles. The molecule has 3 aliphatic rings. The van der Waals surface area contributed by atoms with Crippen LogP contribution in [-0.2, 0) is 15.3 Å². The first-order valence-corrected chi connectivity index (χ1v) is 13.8. The summed E-state index contributed by atoms with van der Waals surface area (Å²) >= 11 is 1.52. The Bertz CT molecular complexity index is 1470. The van der Waals surface area contributed by atoms with Gasteiger partial charge < -0.3 is 31.3 Å². The van der Waals surface area contributed by atoms with E-state index in [9.17, 15) is 39.9 Å². The van der Waals surface area contributed by atoms with Crippen LogP contribution in [0, 0.1) is 11.8 Å². The van der Waals surface area contributed by atoms with Gasteiger partial charge in [0.25, 0.3) is 5.91 Å². The lowest BCUT2D eigenvalue weighted by molar-refractivity contribution is -0.162. The Kier molecular flexibility index (Phi) is 7.03. The number of benzene rings is 2. The molecule has 0 bridgehead atoms. The van der Waals surface area contributed by atoms with Gasteiger partial charge >= 0.3 is 0 Å². The Morgan fingerprint density at radius 1 is 1.05 bits per heavy atom. The third kappa shape index (κ3) is 3.95. The molecule has 2 aromatic carbocycles. The van der Waals surface area contributed by atoms with E-state index in [1.54, 1.807) is 12.1 Å². The van der Waals surface area contributed by atoms with Crippen LogP contribution >= 0.6 is 11.8 Å². The molecule has 6 atom stereocenters. The van der Waals surface area contributed by atoms with Crippen molar-refractivity contribution in [2.24, 2.45) is 17.6 Å². The van der Waals surface area contributed by atoms with Crippen LogP contribution in [0.25, 0.3) is 0 Å². The zero-order valence-electron chi connectivity index (χ0n) is 21.8. The van der Waals surface area contributed by atoms with E-state index in [-0.39, 0.29) is 11.3 Å². The molecule has 1 amide bonds. The fourth-order valence-electron chi connectivity index (χ4n) is 6.48. The van der Waals surface area contributed by atoms with Gasteiger partial charge in [0.05, 0.1) is 23.6 Å². The van der Waals surface area contributed by atoms with Gasteiger partial charge in [0, 0.05) is 28.9 Å². The number of phenolic OH excluding ortho intramolecular Hbond substituents is 1. The number of nitrogens with zero attached hydrogens (tertiary/aromatic N) is 1. The van der Waals surface area contributed by atoms with Crippen molar-refractivity contribution in [1.29, 1.82) is 0 Å². The summed E-state index contributed by atoms with van der Waals surface area (Å²) in [6.07, 6.45) is -1.63. The molecule has 7 N–H and O–H groups in total. The van der Waals surface area contributed by atoms with Crippen LogP contribution in [0.5, 0.6) is 5.75 Å². The van der Waals surface area contributed by atoms with Gasteiger partial charge in [0.15, 0.2) is 11.4 Å². The van der Waals surface area contributed by atoms with E-state index in [1.165, 1.54) is 36.8 Å². The number of aliphatic hydroxyl groups is 4. The number of ketones is 2.